The maximum absolute atomic E-state index is 10.4. The lowest BCUT2D eigenvalue weighted by atomic mass is 10.2. The van der Waals surface area contributed by atoms with Crippen LogP contribution in [0.1, 0.15) is 5.56 Å². The summed E-state index contributed by atoms with van der Waals surface area (Å²) in [5.41, 5.74) is 1.90. The zero-order chi connectivity index (χ0) is 11.0. The highest BCUT2D eigenvalue weighted by atomic mass is 79.9. The van der Waals surface area contributed by atoms with Gasteiger partial charge in [-0.3, -0.25) is 5.32 Å². The summed E-state index contributed by atoms with van der Waals surface area (Å²) >= 11 is 4.72. The highest BCUT2D eigenvalue weighted by Gasteiger charge is 2.09. The number of thiazole rings is 1. The fourth-order valence-electron chi connectivity index (χ4n) is 1.26. The van der Waals surface area contributed by atoms with Crippen molar-refractivity contribution in [3.05, 3.63) is 22.2 Å². The quantitative estimate of drug-likeness (QED) is 0.844. The Kier molecular flexibility index (Phi) is 2.62. The van der Waals surface area contributed by atoms with Gasteiger partial charge in [0.2, 0.25) is 0 Å². The average molecular weight is 287 g/mol. The Bertz CT molecular complexity index is 538. The number of anilines is 1. The summed E-state index contributed by atoms with van der Waals surface area (Å²) in [4.78, 5) is 14.6. The number of nitrogens with one attached hydrogen (secondary N) is 1. The van der Waals surface area contributed by atoms with E-state index in [2.05, 4.69) is 26.2 Å². The van der Waals surface area contributed by atoms with Gasteiger partial charge in [-0.05, 0) is 40.5 Å². The molecule has 0 aliphatic carbocycles. The lowest BCUT2D eigenvalue weighted by molar-refractivity contribution is 0.210. The molecule has 78 valence electrons. The first-order chi connectivity index (χ1) is 7.06. The van der Waals surface area contributed by atoms with Crippen LogP contribution in [-0.4, -0.2) is 16.2 Å². The molecule has 0 saturated carbocycles. The van der Waals surface area contributed by atoms with Crippen LogP contribution in [0.4, 0.5) is 9.93 Å². The van der Waals surface area contributed by atoms with E-state index in [1.807, 2.05) is 19.1 Å². The predicted octanol–water partition coefficient (Wildman–Crippen LogP) is 3.46. The van der Waals surface area contributed by atoms with E-state index in [4.69, 9.17) is 5.11 Å². The largest absolute Gasteiger partial charge is 0.465 e. The number of benzene rings is 1. The zero-order valence-corrected chi connectivity index (χ0v) is 10.1. The first-order valence-electron chi connectivity index (χ1n) is 4.13. The van der Waals surface area contributed by atoms with E-state index in [9.17, 15) is 4.79 Å². The summed E-state index contributed by atoms with van der Waals surface area (Å²) < 4.78 is 1.85. The molecular formula is C9H7BrN2O2S. The van der Waals surface area contributed by atoms with E-state index in [0.717, 1.165) is 20.3 Å². The molecule has 0 bridgehead atoms. The van der Waals surface area contributed by atoms with Crippen molar-refractivity contribution in [2.24, 2.45) is 0 Å². The molecule has 0 unspecified atom stereocenters. The maximum atomic E-state index is 10.4. The van der Waals surface area contributed by atoms with Crippen LogP contribution in [-0.2, 0) is 0 Å². The minimum absolute atomic E-state index is 0.392. The molecule has 0 saturated heterocycles. The van der Waals surface area contributed by atoms with Crippen LogP contribution in [0.5, 0.6) is 0 Å². The third kappa shape index (κ3) is 2.10. The number of carbonyl (C=O) groups is 1. The molecule has 4 nitrogen and oxygen atoms in total. The molecule has 2 rings (SSSR count). The molecule has 2 aromatic rings. The van der Waals surface area contributed by atoms with Gasteiger partial charge >= 0.3 is 6.09 Å². The zero-order valence-electron chi connectivity index (χ0n) is 7.74. The Morgan fingerprint density at radius 1 is 1.60 bits per heavy atom. The van der Waals surface area contributed by atoms with Gasteiger partial charge in [-0.2, -0.15) is 0 Å². The summed E-state index contributed by atoms with van der Waals surface area (Å²) in [6.07, 6.45) is -1.10. The molecule has 15 heavy (non-hydrogen) atoms. The van der Waals surface area contributed by atoms with Gasteiger partial charge < -0.3 is 5.11 Å². The number of hydrogen-bond acceptors (Lipinski definition) is 3. The third-order valence-electron chi connectivity index (χ3n) is 1.81. The van der Waals surface area contributed by atoms with Gasteiger partial charge in [-0.15, -0.1) is 0 Å². The Labute approximate surface area is 98.1 Å². The summed E-state index contributed by atoms with van der Waals surface area (Å²) in [6.45, 7) is 1.98. The van der Waals surface area contributed by atoms with Gasteiger partial charge in [0.05, 0.1) is 10.2 Å². The number of amides is 1. The first-order valence-corrected chi connectivity index (χ1v) is 5.74. The van der Waals surface area contributed by atoms with Gasteiger partial charge in [0.1, 0.15) is 0 Å². The Morgan fingerprint density at radius 2 is 2.33 bits per heavy atom. The summed E-state index contributed by atoms with van der Waals surface area (Å²) in [5, 5.41) is 11.2. The fourth-order valence-corrected chi connectivity index (χ4v) is 3.04. The Balaban J connectivity index is 2.55. The first kappa shape index (κ1) is 10.4. The standard InChI is InChI=1S/C9H7BrN2O2S/c1-4-2-5(10)7-6(3-4)15-8(11-7)12-9(13)14/h2-3H,1H3,(H,11,12)(H,13,14). The van der Waals surface area contributed by atoms with Crippen molar-refractivity contribution in [3.63, 3.8) is 0 Å². The van der Waals surface area contributed by atoms with E-state index < -0.39 is 6.09 Å². The van der Waals surface area contributed by atoms with Crippen LogP contribution in [0.2, 0.25) is 0 Å². The number of halogens is 1. The number of rotatable bonds is 1. The molecule has 0 aliphatic heterocycles. The van der Waals surface area contributed by atoms with E-state index in [1.54, 1.807) is 0 Å². The van der Waals surface area contributed by atoms with Crippen molar-refractivity contribution in [1.82, 2.24) is 4.98 Å². The lowest BCUT2D eigenvalue weighted by Crippen LogP contribution is -2.06. The molecular weight excluding hydrogens is 280 g/mol. The van der Waals surface area contributed by atoms with Crippen LogP contribution in [0.15, 0.2) is 16.6 Å². The van der Waals surface area contributed by atoms with Crippen LogP contribution < -0.4 is 5.32 Å². The summed E-state index contributed by atoms with van der Waals surface area (Å²) in [5.74, 6) is 0. The highest BCUT2D eigenvalue weighted by Crippen LogP contribution is 2.32. The van der Waals surface area contributed by atoms with Crippen molar-refractivity contribution in [3.8, 4) is 0 Å². The highest BCUT2D eigenvalue weighted by molar-refractivity contribution is 9.10. The fraction of sp³-hybridized carbons (Fsp3) is 0.111. The molecule has 0 atom stereocenters. The van der Waals surface area contributed by atoms with E-state index in [0.29, 0.717) is 5.13 Å². The van der Waals surface area contributed by atoms with Crippen molar-refractivity contribution in [1.29, 1.82) is 0 Å². The van der Waals surface area contributed by atoms with Crippen LogP contribution >= 0.6 is 27.3 Å². The van der Waals surface area contributed by atoms with Crippen LogP contribution in [0.25, 0.3) is 10.2 Å². The van der Waals surface area contributed by atoms with Gasteiger partial charge in [-0.1, -0.05) is 11.3 Å². The van der Waals surface area contributed by atoms with Gasteiger partial charge in [0, 0.05) is 4.47 Å². The molecule has 0 fully saturated rings. The molecule has 1 aromatic carbocycles. The normalized spacial score (nSPS) is 10.5. The molecule has 6 heteroatoms. The Morgan fingerprint density at radius 3 is 3.00 bits per heavy atom. The van der Waals surface area contributed by atoms with Crippen molar-refractivity contribution in [2.45, 2.75) is 6.92 Å². The maximum Gasteiger partial charge on any atom is 0.410 e. The molecule has 0 radical (unpaired) electrons. The van der Waals surface area contributed by atoms with Gasteiger partial charge in [-0.25, -0.2) is 9.78 Å². The van der Waals surface area contributed by atoms with Crippen LogP contribution in [0, 0.1) is 6.92 Å². The molecule has 0 spiro atoms. The number of nitrogens with zero attached hydrogens (tertiary/aromatic N) is 1. The molecule has 0 aliphatic rings. The minimum Gasteiger partial charge on any atom is -0.465 e. The van der Waals surface area contributed by atoms with Crippen LogP contribution in [0.3, 0.4) is 0 Å². The smallest absolute Gasteiger partial charge is 0.410 e. The van der Waals surface area contributed by atoms with E-state index in [-0.39, 0.29) is 0 Å². The molecule has 2 N–H and O–H groups in total. The predicted molar refractivity (Wildman–Crippen MR) is 63.7 cm³/mol. The molecule has 1 amide bonds. The third-order valence-corrected chi connectivity index (χ3v) is 3.33. The van der Waals surface area contributed by atoms with E-state index >= 15 is 0 Å². The summed E-state index contributed by atoms with van der Waals surface area (Å²) in [6, 6.07) is 3.93. The molecule has 1 heterocycles. The monoisotopic (exact) mass is 286 g/mol. The topological polar surface area (TPSA) is 62.2 Å². The summed E-state index contributed by atoms with van der Waals surface area (Å²) in [7, 11) is 0. The van der Waals surface area contributed by atoms with Crippen molar-refractivity contribution < 1.29 is 9.90 Å². The molecule has 1 aromatic heterocycles. The number of hydrogen-bond donors (Lipinski definition) is 2. The number of carboxylic acid groups (broad SMARTS) is 1. The van der Waals surface area contributed by atoms with Gasteiger partial charge in [0.15, 0.2) is 5.13 Å². The number of fused-ring (bicyclic) bond motifs is 1. The van der Waals surface area contributed by atoms with Crippen molar-refractivity contribution in [2.75, 3.05) is 5.32 Å². The van der Waals surface area contributed by atoms with Gasteiger partial charge in [0.25, 0.3) is 0 Å². The second kappa shape index (κ2) is 3.79. The minimum atomic E-state index is -1.10. The van der Waals surface area contributed by atoms with Crippen molar-refractivity contribution >= 4 is 48.7 Å². The van der Waals surface area contributed by atoms with E-state index in [1.165, 1.54) is 11.3 Å². The second-order valence-corrected chi connectivity index (χ2v) is 4.93. The average Bonchev–Trinajstić information content (AvgIpc) is 2.45. The number of aromatic nitrogens is 1. The second-order valence-electron chi connectivity index (χ2n) is 3.04. The number of aryl methyl sites for hydroxylation is 1. The SMILES string of the molecule is Cc1cc(Br)c2nc(NC(=O)O)sc2c1. The lowest BCUT2D eigenvalue weighted by Gasteiger charge is -1.94. The Hall–Kier alpha value is -1.14.